The molecule has 0 heterocycles. The van der Waals surface area contributed by atoms with Crippen molar-refractivity contribution in [3.8, 4) is 0 Å². The van der Waals surface area contributed by atoms with Gasteiger partial charge >= 0.3 is 39.5 Å². The zero-order valence-electron chi connectivity index (χ0n) is 62.1. The number of unbranched alkanes of at least 4 members (excludes halogenated alkanes) is 20. The Hall–Kier alpha value is -5.06. The minimum absolute atomic E-state index is 0.0585. The summed E-state index contributed by atoms with van der Waals surface area (Å²) in [4.78, 5) is 72.9. The van der Waals surface area contributed by atoms with E-state index < -0.39 is 97.5 Å². The second-order valence-corrected chi connectivity index (χ2v) is 27.7. The summed E-state index contributed by atoms with van der Waals surface area (Å²) in [6, 6.07) is 0. The molecule has 0 aromatic heterocycles. The summed E-state index contributed by atoms with van der Waals surface area (Å²) >= 11 is 0. The molecule has 0 saturated heterocycles. The fraction of sp³-hybridized carbons (Fsp3) is 0.654. The summed E-state index contributed by atoms with van der Waals surface area (Å²) in [5.74, 6) is -2.30. The smallest absolute Gasteiger partial charge is 0.462 e. The molecule has 570 valence electrons. The lowest BCUT2D eigenvalue weighted by atomic mass is 10.1. The molecule has 0 rings (SSSR count). The highest BCUT2D eigenvalue weighted by molar-refractivity contribution is 7.47. The molecule has 0 amide bonds. The largest absolute Gasteiger partial charge is 0.472 e. The molecule has 17 nitrogen and oxygen atoms in total. The molecule has 5 atom stereocenters. The van der Waals surface area contributed by atoms with Gasteiger partial charge in [0.2, 0.25) is 0 Å². The number of rotatable bonds is 70. The molecule has 0 aliphatic carbocycles. The van der Waals surface area contributed by atoms with Crippen LogP contribution >= 0.6 is 15.6 Å². The van der Waals surface area contributed by atoms with Crippen LogP contribution < -0.4 is 0 Å². The topological polar surface area (TPSA) is 237 Å². The zero-order valence-corrected chi connectivity index (χ0v) is 63.9. The number of hydrogen-bond donors (Lipinski definition) is 3. The molecule has 0 spiro atoms. The fourth-order valence-corrected chi connectivity index (χ4v) is 11.2. The third kappa shape index (κ3) is 71.3. The predicted molar refractivity (Wildman–Crippen MR) is 408 cm³/mol. The Morgan fingerprint density at radius 2 is 0.530 bits per heavy atom. The first-order chi connectivity index (χ1) is 48.7. The summed E-state index contributed by atoms with van der Waals surface area (Å²) < 4.78 is 68.4. The average molecular weight is 1440 g/mol. The number of phosphoric ester groups is 2. The first kappa shape index (κ1) is 94.9. The van der Waals surface area contributed by atoms with Crippen LogP contribution in [0.15, 0.2) is 146 Å². The molecule has 0 radical (unpaired) electrons. The molecule has 5 unspecified atom stereocenters. The van der Waals surface area contributed by atoms with E-state index in [1.54, 1.807) is 0 Å². The van der Waals surface area contributed by atoms with Crippen molar-refractivity contribution in [2.24, 2.45) is 0 Å². The Labute approximate surface area is 605 Å². The number of hydrogen-bond acceptors (Lipinski definition) is 15. The van der Waals surface area contributed by atoms with Crippen molar-refractivity contribution in [1.29, 1.82) is 0 Å². The molecular formula is C81H134O17P2. The normalized spacial score (nSPS) is 14.8. The number of ether oxygens (including phenoxy) is 4. The number of esters is 4. The Morgan fingerprint density at radius 3 is 0.850 bits per heavy atom. The van der Waals surface area contributed by atoms with E-state index in [4.69, 9.17) is 37.0 Å². The number of allylic oxidation sites excluding steroid dienone is 24. The first-order valence-corrected chi connectivity index (χ1v) is 41.1. The second kappa shape index (κ2) is 72.3. The highest BCUT2D eigenvalue weighted by atomic mass is 31.2. The van der Waals surface area contributed by atoms with Crippen LogP contribution in [0.1, 0.15) is 285 Å². The van der Waals surface area contributed by atoms with Crippen LogP contribution in [0.3, 0.4) is 0 Å². The number of aliphatic hydroxyl groups is 1. The maximum atomic E-state index is 13.1. The third-order valence-corrected chi connectivity index (χ3v) is 17.2. The van der Waals surface area contributed by atoms with Crippen molar-refractivity contribution >= 4 is 39.5 Å². The van der Waals surface area contributed by atoms with Gasteiger partial charge < -0.3 is 33.8 Å². The van der Waals surface area contributed by atoms with Crippen molar-refractivity contribution in [3.63, 3.8) is 0 Å². The molecule has 0 aromatic rings. The predicted octanol–water partition coefficient (Wildman–Crippen LogP) is 21.9. The molecule has 100 heavy (non-hydrogen) atoms. The van der Waals surface area contributed by atoms with Gasteiger partial charge in [0, 0.05) is 25.7 Å². The highest BCUT2D eigenvalue weighted by Gasteiger charge is 2.30. The van der Waals surface area contributed by atoms with Gasteiger partial charge in [-0.05, 0) is 154 Å². The van der Waals surface area contributed by atoms with Gasteiger partial charge in [-0.3, -0.25) is 37.3 Å². The van der Waals surface area contributed by atoms with E-state index in [0.29, 0.717) is 32.1 Å². The molecule has 19 heteroatoms. The molecule has 3 N–H and O–H groups in total. The van der Waals surface area contributed by atoms with E-state index >= 15 is 0 Å². The maximum Gasteiger partial charge on any atom is 0.472 e. The lowest BCUT2D eigenvalue weighted by Gasteiger charge is -2.21. The van der Waals surface area contributed by atoms with Gasteiger partial charge in [-0.15, -0.1) is 0 Å². The van der Waals surface area contributed by atoms with Gasteiger partial charge in [-0.2, -0.15) is 0 Å². The highest BCUT2D eigenvalue weighted by Crippen LogP contribution is 2.45. The molecule has 0 aliphatic rings. The summed E-state index contributed by atoms with van der Waals surface area (Å²) in [6.07, 6.45) is 81.3. The van der Waals surface area contributed by atoms with Crippen LogP contribution in [0, 0.1) is 0 Å². The summed E-state index contributed by atoms with van der Waals surface area (Å²) in [5.41, 5.74) is 0. The van der Waals surface area contributed by atoms with Crippen LogP contribution in [0.2, 0.25) is 0 Å². The molecule has 0 aromatic carbocycles. The van der Waals surface area contributed by atoms with Crippen LogP contribution in [-0.4, -0.2) is 96.7 Å². The SMILES string of the molecule is CC/C=C\C/C=C\C/C=C\C/C=C\C/C=C\CCCC(=O)OCC(COP(=O)(O)OCC(O)COP(=O)(O)OCC(COC(=O)CCCCCCC/C=C\C/C=C\C/C=C\CC)OC(=O)CCCCCCC/C=C\CCCCCC)OC(=O)CCCCCCC/C=C\C/C=C\C/C=C\CC. The van der Waals surface area contributed by atoms with Crippen molar-refractivity contribution in [3.05, 3.63) is 146 Å². The maximum absolute atomic E-state index is 13.1. The summed E-state index contributed by atoms with van der Waals surface area (Å²) in [5, 5.41) is 10.6. The number of aliphatic hydroxyl groups excluding tert-OH is 1. The van der Waals surface area contributed by atoms with Gasteiger partial charge in [0.25, 0.3) is 0 Å². The first-order valence-electron chi connectivity index (χ1n) is 38.1. The van der Waals surface area contributed by atoms with Crippen LogP contribution in [0.4, 0.5) is 0 Å². The van der Waals surface area contributed by atoms with Gasteiger partial charge in [-0.1, -0.05) is 251 Å². The minimum Gasteiger partial charge on any atom is -0.462 e. The van der Waals surface area contributed by atoms with Crippen molar-refractivity contribution in [1.82, 2.24) is 0 Å². The standard InChI is InChI=1S/C81H134O17P2/c1-5-9-13-17-21-25-29-33-36-37-40-43-46-50-54-58-62-66-79(84)92-72-77(98-81(86)68-64-60-56-52-48-44-39-35-31-27-23-19-15-11-7-3)74-96-100(89,90)94-70-75(82)69-93-99(87,88)95-73-76(97-80(85)67-63-59-55-51-47-41-32-28-24-20-16-12-8-4)71-91-78(83)65-61-57-53-49-45-42-38-34-30-26-22-18-14-10-6-2/h9-11,13-15,21-23,25-28,32-36,38-40,43,50,54,75-77,82H,5-8,12,16-20,24,29-31,37,41-42,44-49,51-53,55-74H2,1-4H3,(H,87,88)(H,89,90)/b13-9-,14-10-,15-11-,25-21-,26-22-,27-23-,32-28-,36-33-,38-34-,39-35-,43-40-,54-50-. The molecule has 0 aliphatic heterocycles. The van der Waals surface area contributed by atoms with Crippen molar-refractivity contribution in [2.75, 3.05) is 39.6 Å². The van der Waals surface area contributed by atoms with E-state index in [-0.39, 0.29) is 25.7 Å². The van der Waals surface area contributed by atoms with Crippen LogP contribution in [-0.2, 0) is 65.4 Å². The Morgan fingerprint density at radius 1 is 0.290 bits per heavy atom. The molecule has 0 fully saturated rings. The van der Waals surface area contributed by atoms with E-state index in [2.05, 4.69) is 161 Å². The second-order valence-electron chi connectivity index (χ2n) is 24.8. The number of carbonyl (C=O) groups is 4. The van der Waals surface area contributed by atoms with Crippen molar-refractivity contribution < 1.29 is 80.2 Å². The van der Waals surface area contributed by atoms with Gasteiger partial charge in [-0.25, -0.2) is 9.13 Å². The summed E-state index contributed by atoms with van der Waals surface area (Å²) in [7, 11) is -9.99. The van der Waals surface area contributed by atoms with Gasteiger partial charge in [0.05, 0.1) is 26.4 Å². The number of carbonyl (C=O) groups excluding carboxylic acids is 4. The average Bonchev–Trinajstić information content (AvgIpc) is 1.06. The molecule has 0 bridgehead atoms. The fourth-order valence-electron chi connectivity index (χ4n) is 9.57. The Balaban J connectivity index is 5.44. The number of phosphoric acid groups is 2. The molecular weight excluding hydrogens is 1310 g/mol. The van der Waals surface area contributed by atoms with Crippen molar-refractivity contribution in [2.45, 2.75) is 303 Å². The minimum atomic E-state index is -5.00. The lowest BCUT2D eigenvalue weighted by Crippen LogP contribution is -2.30. The van der Waals surface area contributed by atoms with Gasteiger partial charge in [0.15, 0.2) is 12.2 Å². The Bertz CT molecular complexity index is 2470. The Kier molecular flexibility index (Phi) is 68.6. The zero-order chi connectivity index (χ0) is 73.2. The quantitative estimate of drug-likeness (QED) is 0.0169. The van der Waals surface area contributed by atoms with E-state index in [9.17, 15) is 43.2 Å². The van der Waals surface area contributed by atoms with E-state index in [1.807, 2.05) is 12.2 Å². The monoisotopic (exact) mass is 1440 g/mol. The van der Waals surface area contributed by atoms with Gasteiger partial charge in [0.1, 0.15) is 19.3 Å². The van der Waals surface area contributed by atoms with Crippen LogP contribution in [0.5, 0.6) is 0 Å². The third-order valence-electron chi connectivity index (χ3n) is 15.3. The van der Waals surface area contributed by atoms with E-state index in [1.165, 1.54) is 25.7 Å². The van der Waals surface area contributed by atoms with E-state index in [0.717, 1.165) is 173 Å². The van der Waals surface area contributed by atoms with Crippen LogP contribution in [0.25, 0.3) is 0 Å². The molecule has 0 saturated carbocycles. The summed E-state index contributed by atoms with van der Waals surface area (Å²) in [6.45, 7) is 4.39. The lowest BCUT2D eigenvalue weighted by molar-refractivity contribution is -0.161.